The lowest BCUT2D eigenvalue weighted by atomic mass is 9.52. The van der Waals surface area contributed by atoms with Gasteiger partial charge in [0.25, 0.3) is 11.4 Å². The maximum atomic E-state index is 11.7. The van der Waals surface area contributed by atoms with Crippen LogP contribution < -0.4 is 43.8 Å². The Morgan fingerprint density at radius 2 is 1.00 bits per heavy atom. The molecule has 9 aliphatic heterocycles. The Morgan fingerprint density at radius 1 is 0.591 bits per heavy atom. The number of nitrogens with zero attached hydrogens (tertiary/aromatic N) is 6. The lowest BCUT2D eigenvalue weighted by Gasteiger charge is -2.65. The van der Waals surface area contributed by atoms with Crippen molar-refractivity contribution < 1.29 is 62.2 Å². The third kappa shape index (κ3) is 4.93. The molecule has 66 heavy (non-hydrogen) atoms. The van der Waals surface area contributed by atoms with Gasteiger partial charge in [-0.2, -0.15) is 0 Å². The molecule has 11 aliphatic rings. The van der Waals surface area contributed by atoms with Gasteiger partial charge in [0, 0.05) is 96.1 Å². The zero-order chi connectivity index (χ0) is 42.5. The molecular formula is C52H52Br2N6O6. The van der Waals surface area contributed by atoms with E-state index in [1.807, 2.05) is 24.3 Å². The summed E-state index contributed by atoms with van der Waals surface area (Å²) in [7, 11) is 0. The van der Waals surface area contributed by atoms with Crippen LogP contribution in [0.3, 0.4) is 0 Å². The summed E-state index contributed by atoms with van der Waals surface area (Å²) in [5, 5.41) is 23.4. The van der Waals surface area contributed by atoms with Gasteiger partial charge in [0.15, 0.2) is 0 Å². The topological polar surface area (TPSA) is 111 Å². The number of hydrogen-bond donors (Lipinski definition) is 0. The van der Waals surface area contributed by atoms with Crippen LogP contribution in [-0.4, -0.2) is 94.8 Å². The molecule has 15 rings (SSSR count). The third-order valence-electron chi connectivity index (χ3n) is 19.8. The number of rotatable bonds is 6. The molecule has 0 radical (unpaired) electrons. The second-order valence-electron chi connectivity index (χ2n) is 21.6. The van der Waals surface area contributed by atoms with E-state index < -0.39 is 0 Å². The standard InChI is InChI=1S/C52H52N6O6.2BrH/c59-55(60)35-13-9-31(10-14-35)27-57-21-19-51-39-5-1-3-7-41(39)53-47(51)45-37(25-43(51)57)33(29-57)18-24-64-50(45)54-42-8-4-2-6-40(42)52-20-22-58(28-32-11-15-36(16-12-32)56(61)62)30-34-17-23-63-49(53)46(48(52)54)38(34)26-44(52)58;;/h1-18,37-38,43-50H,19-30H2;2*1H/q+2;;/p-2/t37-,38-,43-,44-,45+,46+,47-,48-,49+,50+,51?,52?,57?,58?;;/m0../s1. The van der Waals surface area contributed by atoms with Crippen molar-refractivity contribution in [2.24, 2.45) is 23.7 Å². The molecule has 2 aliphatic carbocycles. The fourth-order valence-corrected chi connectivity index (χ4v) is 18.0. The van der Waals surface area contributed by atoms with Gasteiger partial charge in [0.1, 0.15) is 50.7 Å². The lowest BCUT2D eigenvalue weighted by molar-refractivity contribution is -0.955. The number of anilines is 2. The average Bonchev–Trinajstić information content (AvgIpc) is 3.92. The van der Waals surface area contributed by atoms with Crippen molar-refractivity contribution in [2.75, 3.05) is 49.2 Å². The number of fused-ring (bicyclic) bond motifs is 6. The summed E-state index contributed by atoms with van der Waals surface area (Å²) in [4.78, 5) is 28.6. The zero-order valence-corrected chi connectivity index (χ0v) is 39.7. The molecule has 12 nitrogen and oxygen atoms in total. The Kier molecular flexibility index (Phi) is 8.90. The molecule has 340 valence electrons. The van der Waals surface area contributed by atoms with Crippen LogP contribution in [0.2, 0.25) is 0 Å². The first kappa shape index (κ1) is 41.7. The van der Waals surface area contributed by atoms with Crippen molar-refractivity contribution in [1.82, 2.24) is 0 Å². The molecule has 7 fully saturated rings. The summed E-state index contributed by atoms with van der Waals surface area (Å²) in [6, 6.07) is 34.8. The SMILES string of the molecule is O=[N+]([O-])c1ccc(C[N+]23CCC45c6ccccc6N6[C@@H]7OCC=C8C[N+]9(Cc%10ccc([N+](=O)[O-])cc%10)CCC%10%11c%12ccccc%12N([C@@H]%12OCC=C(C2)[C@H](C[C@@H]43)[C@@H]%12[C@H]65)[C@H]%10[C@H]7[C@H]8C[C@@H]%119)cc1.[Br-].[Br-]. The first-order valence-electron chi connectivity index (χ1n) is 23.8. The minimum atomic E-state index is -0.289. The summed E-state index contributed by atoms with van der Waals surface area (Å²) >= 11 is 0. The van der Waals surface area contributed by atoms with Crippen LogP contribution in [0.4, 0.5) is 22.7 Å². The van der Waals surface area contributed by atoms with Crippen LogP contribution in [0.15, 0.2) is 120 Å². The number of piperidine rings is 2. The molecule has 2 saturated carbocycles. The smallest absolute Gasteiger partial charge is 0.269 e. The Hall–Kier alpha value is -4.44. The van der Waals surface area contributed by atoms with Crippen LogP contribution in [0.25, 0.3) is 0 Å². The van der Waals surface area contributed by atoms with E-state index in [2.05, 4.69) is 70.5 Å². The summed E-state index contributed by atoms with van der Waals surface area (Å²) in [6.45, 7) is 7.01. The highest BCUT2D eigenvalue weighted by molar-refractivity contribution is 5.72. The van der Waals surface area contributed by atoms with Crippen LogP contribution in [0.1, 0.15) is 47.9 Å². The highest BCUT2D eigenvalue weighted by atomic mass is 79.9. The van der Waals surface area contributed by atoms with Gasteiger partial charge in [-0.1, -0.05) is 48.6 Å². The molecule has 4 aromatic carbocycles. The van der Waals surface area contributed by atoms with E-state index in [0.717, 1.165) is 73.9 Å². The molecular weight excluding hydrogens is 964 g/mol. The molecule has 5 saturated heterocycles. The third-order valence-corrected chi connectivity index (χ3v) is 19.8. The number of benzene rings is 4. The van der Waals surface area contributed by atoms with Crippen LogP contribution >= 0.6 is 0 Å². The number of non-ortho nitro benzene ring substituents is 2. The van der Waals surface area contributed by atoms with Gasteiger partial charge in [-0.15, -0.1) is 0 Å². The number of quaternary nitrogens is 2. The minimum absolute atomic E-state index is 0. The van der Waals surface area contributed by atoms with Gasteiger partial charge in [-0.25, -0.2) is 0 Å². The van der Waals surface area contributed by atoms with E-state index in [0.29, 0.717) is 37.1 Å². The highest BCUT2D eigenvalue weighted by Gasteiger charge is 2.81. The number of hydrogen-bond acceptors (Lipinski definition) is 8. The number of para-hydroxylation sites is 2. The monoisotopic (exact) mass is 1010 g/mol. The van der Waals surface area contributed by atoms with Gasteiger partial charge in [-0.3, -0.25) is 20.2 Å². The number of ether oxygens (including phenoxy) is 2. The van der Waals surface area contributed by atoms with E-state index in [4.69, 9.17) is 9.47 Å². The van der Waals surface area contributed by atoms with Crippen LogP contribution in [-0.2, 0) is 33.4 Å². The van der Waals surface area contributed by atoms with Crippen LogP contribution in [0, 0.1) is 43.9 Å². The maximum Gasteiger partial charge on any atom is 0.269 e. The molecule has 14 heteroatoms. The predicted molar refractivity (Wildman–Crippen MR) is 238 cm³/mol. The van der Waals surface area contributed by atoms with Crippen molar-refractivity contribution in [3.8, 4) is 0 Å². The van der Waals surface area contributed by atoms with E-state index >= 15 is 0 Å². The van der Waals surface area contributed by atoms with Gasteiger partial charge >= 0.3 is 0 Å². The van der Waals surface area contributed by atoms with Gasteiger partial charge in [0.05, 0.1) is 59.1 Å². The van der Waals surface area contributed by atoms with Crippen molar-refractivity contribution in [3.05, 3.63) is 163 Å². The maximum absolute atomic E-state index is 11.7. The number of nitro benzene ring substituents is 2. The molecule has 4 aromatic rings. The molecule has 9 heterocycles. The molecule has 4 unspecified atom stereocenters. The second kappa shape index (κ2) is 14.1. The fourth-order valence-electron chi connectivity index (χ4n) is 18.0. The number of nitro groups is 2. The average molecular weight is 1020 g/mol. The second-order valence-corrected chi connectivity index (χ2v) is 21.6. The van der Waals surface area contributed by atoms with E-state index in [1.54, 1.807) is 35.4 Å². The summed E-state index contributed by atoms with van der Waals surface area (Å²) in [5.74, 6) is 1.14. The van der Waals surface area contributed by atoms with E-state index in [1.165, 1.54) is 33.6 Å². The molecule has 0 aromatic heterocycles. The molecule has 14 atom stereocenters. The van der Waals surface area contributed by atoms with Crippen LogP contribution in [0.5, 0.6) is 0 Å². The normalized spacial score (nSPS) is 40.2. The Bertz CT molecular complexity index is 2620. The highest BCUT2D eigenvalue weighted by Crippen LogP contribution is 2.73. The number of halogens is 2. The molecule has 4 bridgehead atoms. The van der Waals surface area contributed by atoms with Gasteiger partial charge < -0.3 is 62.2 Å². The Balaban J connectivity index is 0.00000217. The summed E-state index contributed by atoms with van der Waals surface area (Å²) < 4.78 is 17.2. The van der Waals surface area contributed by atoms with Crippen molar-refractivity contribution in [3.63, 3.8) is 0 Å². The molecule has 0 amide bonds. The minimum Gasteiger partial charge on any atom is -1.00 e. The van der Waals surface area contributed by atoms with E-state index in [9.17, 15) is 20.2 Å². The summed E-state index contributed by atoms with van der Waals surface area (Å²) in [5.41, 5.74) is 11.2. The fraction of sp³-hybridized carbons (Fsp3) is 0.462. The van der Waals surface area contributed by atoms with Gasteiger partial charge in [-0.05, 0) is 58.7 Å². The first-order valence-corrected chi connectivity index (χ1v) is 23.8. The van der Waals surface area contributed by atoms with Crippen molar-refractivity contribution in [1.29, 1.82) is 0 Å². The quantitative estimate of drug-likeness (QED) is 0.124. The van der Waals surface area contributed by atoms with Gasteiger partial charge in [0.2, 0.25) is 0 Å². The molecule has 0 N–H and O–H groups in total. The Morgan fingerprint density at radius 3 is 1.41 bits per heavy atom. The van der Waals surface area contributed by atoms with Crippen molar-refractivity contribution >= 4 is 22.7 Å². The zero-order valence-electron chi connectivity index (χ0n) is 36.5. The summed E-state index contributed by atoms with van der Waals surface area (Å²) in [6.07, 6.45) is 9.10. The molecule has 2 spiro atoms. The first-order chi connectivity index (χ1) is 31.2. The lowest BCUT2D eigenvalue weighted by Crippen LogP contribution is -3.00. The van der Waals surface area contributed by atoms with Crippen molar-refractivity contribution in [2.45, 2.75) is 86.2 Å². The Labute approximate surface area is 404 Å². The largest absolute Gasteiger partial charge is 1.00 e. The van der Waals surface area contributed by atoms with E-state index in [-0.39, 0.29) is 102 Å². The predicted octanol–water partition coefficient (Wildman–Crippen LogP) is 1.52.